The summed E-state index contributed by atoms with van der Waals surface area (Å²) in [5.74, 6) is 0.0560. The van der Waals surface area contributed by atoms with Gasteiger partial charge in [0, 0.05) is 5.54 Å². The SMILES string of the molecule is CN(C)[C@H](C(=O)NC(C)(C)CC(C)(C)C)c1ccccc1. The zero-order valence-corrected chi connectivity index (χ0v) is 14.5. The Kier molecular flexibility index (Phi) is 5.57. The molecule has 1 rings (SSSR count). The molecule has 0 aliphatic heterocycles. The second-order valence-electron chi connectivity index (χ2n) is 7.89. The number of rotatable bonds is 5. The van der Waals surface area contributed by atoms with Crippen molar-refractivity contribution in [2.24, 2.45) is 5.41 Å². The van der Waals surface area contributed by atoms with Crippen molar-refractivity contribution in [1.29, 1.82) is 0 Å². The molecular formula is C18H30N2O. The van der Waals surface area contributed by atoms with E-state index in [-0.39, 0.29) is 22.9 Å². The van der Waals surface area contributed by atoms with Crippen molar-refractivity contribution < 1.29 is 4.79 Å². The van der Waals surface area contributed by atoms with Crippen LogP contribution >= 0.6 is 0 Å². The molecule has 0 heterocycles. The summed E-state index contributed by atoms with van der Waals surface area (Å²) in [6.45, 7) is 10.8. The molecule has 3 nitrogen and oxygen atoms in total. The number of carbonyl (C=O) groups is 1. The van der Waals surface area contributed by atoms with Crippen LogP contribution in [0, 0.1) is 5.41 Å². The maximum Gasteiger partial charge on any atom is 0.242 e. The topological polar surface area (TPSA) is 32.3 Å². The van der Waals surface area contributed by atoms with Crippen molar-refractivity contribution in [2.75, 3.05) is 14.1 Å². The Morgan fingerprint density at radius 1 is 1.10 bits per heavy atom. The first kappa shape index (κ1) is 17.7. The molecule has 0 saturated carbocycles. The lowest BCUT2D eigenvalue weighted by atomic mass is 9.81. The van der Waals surface area contributed by atoms with Crippen molar-refractivity contribution in [3.63, 3.8) is 0 Å². The third-order valence-electron chi connectivity index (χ3n) is 3.31. The summed E-state index contributed by atoms with van der Waals surface area (Å²) < 4.78 is 0. The number of nitrogens with one attached hydrogen (secondary N) is 1. The number of amides is 1. The largest absolute Gasteiger partial charge is 0.350 e. The van der Waals surface area contributed by atoms with E-state index in [9.17, 15) is 4.79 Å². The smallest absolute Gasteiger partial charge is 0.242 e. The van der Waals surface area contributed by atoms with Gasteiger partial charge in [0.15, 0.2) is 0 Å². The monoisotopic (exact) mass is 290 g/mol. The van der Waals surface area contributed by atoms with Gasteiger partial charge in [0.05, 0.1) is 0 Å². The van der Waals surface area contributed by atoms with Gasteiger partial charge in [0.1, 0.15) is 6.04 Å². The zero-order chi connectivity index (χ0) is 16.3. The van der Waals surface area contributed by atoms with Gasteiger partial charge in [-0.25, -0.2) is 0 Å². The lowest BCUT2D eigenvalue weighted by molar-refractivity contribution is -0.127. The number of nitrogens with zero attached hydrogens (tertiary/aromatic N) is 1. The zero-order valence-electron chi connectivity index (χ0n) is 14.5. The van der Waals surface area contributed by atoms with Crippen LogP contribution < -0.4 is 5.32 Å². The van der Waals surface area contributed by atoms with Crippen LogP contribution in [0.2, 0.25) is 0 Å². The summed E-state index contributed by atoms with van der Waals surface area (Å²) in [4.78, 5) is 14.7. The number of benzene rings is 1. The number of likely N-dealkylation sites (N-methyl/N-ethyl adjacent to an activating group) is 1. The lowest BCUT2D eigenvalue weighted by Gasteiger charge is -2.35. The first-order valence-electron chi connectivity index (χ1n) is 7.55. The summed E-state index contributed by atoms with van der Waals surface area (Å²) >= 11 is 0. The minimum atomic E-state index is -0.259. The number of hydrogen-bond donors (Lipinski definition) is 1. The van der Waals surface area contributed by atoms with Crippen molar-refractivity contribution in [1.82, 2.24) is 10.2 Å². The summed E-state index contributed by atoms with van der Waals surface area (Å²) in [5.41, 5.74) is 0.974. The van der Waals surface area contributed by atoms with E-state index in [1.807, 2.05) is 49.3 Å². The van der Waals surface area contributed by atoms with Gasteiger partial charge in [-0.2, -0.15) is 0 Å². The van der Waals surface area contributed by atoms with E-state index in [0.717, 1.165) is 12.0 Å². The highest BCUT2D eigenvalue weighted by Crippen LogP contribution is 2.28. The molecule has 1 N–H and O–H groups in total. The average Bonchev–Trinajstić information content (AvgIpc) is 2.25. The molecule has 1 atom stereocenters. The predicted octanol–water partition coefficient (Wildman–Crippen LogP) is 3.62. The van der Waals surface area contributed by atoms with Gasteiger partial charge in [0.25, 0.3) is 0 Å². The molecule has 118 valence electrons. The highest BCUT2D eigenvalue weighted by molar-refractivity contribution is 5.83. The van der Waals surface area contributed by atoms with Crippen molar-refractivity contribution in [3.8, 4) is 0 Å². The van der Waals surface area contributed by atoms with Crippen LogP contribution in [0.4, 0.5) is 0 Å². The fraction of sp³-hybridized carbons (Fsp3) is 0.611. The summed E-state index contributed by atoms with van der Waals surface area (Å²) in [6.07, 6.45) is 0.931. The molecule has 0 fully saturated rings. The van der Waals surface area contributed by atoms with Gasteiger partial charge >= 0.3 is 0 Å². The van der Waals surface area contributed by atoms with E-state index >= 15 is 0 Å². The second kappa shape index (κ2) is 6.61. The molecule has 0 unspecified atom stereocenters. The van der Waals surface area contributed by atoms with Crippen molar-refractivity contribution >= 4 is 5.91 Å². The molecule has 0 bridgehead atoms. The lowest BCUT2D eigenvalue weighted by Crippen LogP contribution is -2.49. The Morgan fingerprint density at radius 3 is 2.05 bits per heavy atom. The molecule has 0 aromatic heterocycles. The van der Waals surface area contributed by atoms with Crippen LogP contribution in [-0.4, -0.2) is 30.4 Å². The van der Waals surface area contributed by atoms with Gasteiger partial charge in [-0.3, -0.25) is 9.69 Å². The first-order valence-corrected chi connectivity index (χ1v) is 7.55. The maximum atomic E-state index is 12.7. The van der Waals surface area contributed by atoms with E-state index in [1.165, 1.54) is 0 Å². The van der Waals surface area contributed by atoms with Crippen LogP contribution in [0.15, 0.2) is 30.3 Å². The maximum absolute atomic E-state index is 12.7. The van der Waals surface area contributed by atoms with Crippen LogP contribution in [0.1, 0.15) is 52.6 Å². The molecule has 0 spiro atoms. The summed E-state index contributed by atoms with van der Waals surface area (Å²) in [5, 5.41) is 3.21. The quantitative estimate of drug-likeness (QED) is 0.898. The van der Waals surface area contributed by atoms with Crippen molar-refractivity contribution in [2.45, 2.75) is 52.6 Å². The molecule has 0 aliphatic rings. The standard InChI is InChI=1S/C18H30N2O/c1-17(2,3)13-18(4,5)19-16(21)15(20(6)7)14-11-9-8-10-12-14/h8-12,15H,13H2,1-7H3,(H,19,21)/t15-/m0/s1. The number of carbonyl (C=O) groups excluding carboxylic acids is 1. The Bertz CT molecular complexity index is 458. The third-order valence-corrected chi connectivity index (χ3v) is 3.31. The fourth-order valence-corrected chi connectivity index (χ4v) is 3.09. The highest BCUT2D eigenvalue weighted by atomic mass is 16.2. The van der Waals surface area contributed by atoms with Gasteiger partial charge in [-0.1, -0.05) is 51.1 Å². The predicted molar refractivity (Wildman–Crippen MR) is 89.2 cm³/mol. The van der Waals surface area contributed by atoms with Crippen LogP contribution in [-0.2, 0) is 4.79 Å². The molecule has 0 aliphatic carbocycles. The Morgan fingerprint density at radius 2 is 1.62 bits per heavy atom. The molecule has 1 amide bonds. The van der Waals surface area contributed by atoms with E-state index in [2.05, 4.69) is 39.9 Å². The van der Waals surface area contributed by atoms with Gasteiger partial charge < -0.3 is 5.32 Å². The second-order valence-corrected chi connectivity index (χ2v) is 7.89. The minimum absolute atomic E-state index is 0.0560. The Hall–Kier alpha value is -1.35. The van der Waals surface area contributed by atoms with E-state index in [4.69, 9.17) is 0 Å². The Balaban J connectivity index is 2.89. The molecule has 1 aromatic carbocycles. The normalized spacial score (nSPS) is 14.1. The summed E-state index contributed by atoms with van der Waals surface area (Å²) in [7, 11) is 3.88. The van der Waals surface area contributed by atoms with Crippen molar-refractivity contribution in [3.05, 3.63) is 35.9 Å². The minimum Gasteiger partial charge on any atom is -0.350 e. The van der Waals surface area contributed by atoms with E-state index < -0.39 is 0 Å². The van der Waals surface area contributed by atoms with Gasteiger partial charge in [0.2, 0.25) is 5.91 Å². The average molecular weight is 290 g/mol. The molecule has 1 aromatic rings. The van der Waals surface area contributed by atoms with Crippen LogP contribution in [0.5, 0.6) is 0 Å². The van der Waals surface area contributed by atoms with Gasteiger partial charge in [-0.15, -0.1) is 0 Å². The molecular weight excluding hydrogens is 260 g/mol. The van der Waals surface area contributed by atoms with Gasteiger partial charge in [-0.05, 0) is 45.3 Å². The van der Waals surface area contributed by atoms with Crippen LogP contribution in [0.25, 0.3) is 0 Å². The molecule has 0 saturated heterocycles. The number of hydrogen-bond acceptors (Lipinski definition) is 2. The molecule has 0 radical (unpaired) electrons. The highest BCUT2D eigenvalue weighted by Gasteiger charge is 2.31. The first-order chi connectivity index (χ1) is 9.52. The summed E-state index contributed by atoms with van der Waals surface area (Å²) in [6, 6.07) is 9.66. The Labute approximate surface area is 129 Å². The third kappa shape index (κ3) is 5.88. The van der Waals surface area contributed by atoms with Crippen LogP contribution in [0.3, 0.4) is 0 Å². The van der Waals surface area contributed by atoms with E-state index in [0.29, 0.717) is 0 Å². The fourth-order valence-electron chi connectivity index (χ4n) is 3.09. The van der Waals surface area contributed by atoms with E-state index in [1.54, 1.807) is 0 Å². The molecule has 3 heteroatoms. The molecule has 21 heavy (non-hydrogen) atoms.